The molecule has 0 bridgehead atoms. The molecule has 0 aliphatic rings. The van der Waals surface area contributed by atoms with Gasteiger partial charge in [-0.1, -0.05) is 17.7 Å². The number of nitrogens with zero attached hydrogens (tertiary/aromatic N) is 1. The molecule has 2 aromatic rings. The van der Waals surface area contributed by atoms with Crippen molar-refractivity contribution >= 4 is 38.9 Å². The Morgan fingerprint density at radius 1 is 1.33 bits per heavy atom. The molecule has 2 aromatic carbocycles. The zero-order chi connectivity index (χ0) is 15.6. The fourth-order valence-electron chi connectivity index (χ4n) is 1.90. The number of rotatable bonds is 4. The molecule has 2 rings (SSSR count). The van der Waals surface area contributed by atoms with Crippen LogP contribution in [-0.4, -0.2) is 4.92 Å². The third-order valence-corrected chi connectivity index (χ3v) is 3.95. The minimum atomic E-state index is -0.463. The summed E-state index contributed by atoms with van der Waals surface area (Å²) >= 11 is 9.30. The first-order valence-electron chi connectivity index (χ1n) is 6.04. The van der Waals surface area contributed by atoms with Crippen molar-refractivity contribution in [2.75, 3.05) is 5.32 Å². The molecule has 4 nitrogen and oxygen atoms in total. The van der Waals surface area contributed by atoms with E-state index in [9.17, 15) is 14.5 Å². The Hall–Kier alpha value is -1.66. The maximum Gasteiger partial charge on any atom is 0.270 e. The zero-order valence-electron chi connectivity index (χ0n) is 10.9. The van der Waals surface area contributed by atoms with E-state index in [4.69, 9.17) is 11.6 Å². The third kappa shape index (κ3) is 3.71. The van der Waals surface area contributed by atoms with Crippen LogP contribution in [0.3, 0.4) is 0 Å². The van der Waals surface area contributed by atoms with Crippen LogP contribution in [0.25, 0.3) is 0 Å². The quantitative estimate of drug-likeness (QED) is 0.582. The summed E-state index contributed by atoms with van der Waals surface area (Å²) in [6, 6.07) is 8.44. The van der Waals surface area contributed by atoms with E-state index in [1.807, 2.05) is 6.92 Å². The average Bonchev–Trinajstić information content (AvgIpc) is 2.40. The van der Waals surface area contributed by atoms with Crippen LogP contribution in [0.4, 0.5) is 15.8 Å². The van der Waals surface area contributed by atoms with E-state index in [-0.39, 0.29) is 11.7 Å². The normalized spacial score (nSPS) is 12.0. The zero-order valence-corrected chi connectivity index (χ0v) is 13.3. The van der Waals surface area contributed by atoms with Crippen LogP contribution < -0.4 is 5.32 Å². The van der Waals surface area contributed by atoms with Crippen molar-refractivity contribution in [2.45, 2.75) is 13.0 Å². The largest absolute Gasteiger partial charge is 0.378 e. The van der Waals surface area contributed by atoms with Crippen LogP contribution in [0.1, 0.15) is 18.5 Å². The van der Waals surface area contributed by atoms with E-state index in [2.05, 4.69) is 21.2 Å². The lowest BCUT2D eigenvalue weighted by Gasteiger charge is -2.18. The first kappa shape index (κ1) is 15.7. The number of hydrogen-bond donors (Lipinski definition) is 1. The highest BCUT2D eigenvalue weighted by molar-refractivity contribution is 9.10. The van der Waals surface area contributed by atoms with Crippen molar-refractivity contribution in [2.24, 2.45) is 0 Å². The Bertz CT molecular complexity index is 697. The Morgan fingerprint density at radius 2 is 2.05 bits per heavy atom. The molecule has 0 aliphatic heterocycles. The van der Waals surface area contributed by atoms with Gasteiger partial charge in [0, 0.05) is 27.3 Å². The van der Waals surface area contributed by atoms with Crippen molar-refractivity contribution < 1.29 is 9.31 Å². The molecule has 1 atom stereocenters. The number of hydrogen-bond acceptors (Lipinski definition) is 3. The fraction of sp³-hybridized carbons (Fsp3) is 0.143. The number of benzene rings is 2. The first-order valence-corrected chi connectivity index (χ1v) is 7.21. The standard InChI is InChI=1S/C14H11BrClFN2O2/c1-8(11-4-2-9(17)6-13(11)16)18-14-5-3-10(19(20)21)7-12(14)15/h2-8,18H,1H3. The monoisotopic (exact) mass is 372 g/mol. The molecule has 0 aliphatic carbocycles. The summed E-state index contributed by atoms with van der Waals surface area (Å²) in [4.78, 5) is 10.2. The van der Waals surface area contributed by atoms with Gasteiger partial charge < -0.3 is 5.32 Å². The van der Waals surface area contributed by atoms with E-state index in [1.54, 1.807) is 12.1 Å². The predicted octanol–water partition coefficient (Wildman–Crippen LogP) is 5.32. The van der Waals surface area contributed by atoms with Gasteiger partial charge in [0.2, 0.25) is 0 Å². The number of anilines is 1. The molecule has 0 spiro atoms. The number of non-ortho nitro benzene ring substituents is 1. The molecule has 0 amide bonds. The second kappa shape index (κ2) is 6.41. The second-order valence-electron chi connectivity index (χ2n) is 4.45. The van der Waals surface area contributed by atoms with Crippen LogP contribution in [0.15, 0.2) is 40.9 Å². The second-order valence-corrected chi connectivity index (χ2v) is 5.71. The maximum atomic E-state index is 13.0. The van der Waals surface area contributed by atoms with Crippen molar-refractivity contribution in [3.05, 3.63) is 67.4 Å². The SMILES string of the molecule is CC(Nc1ccc([N+](=O)[O-])cc1Br)c1ccc(F)cc1Cl. The third-order valence-electron chi connectivity index (χ3n) is 2.96. The average molecular weight is 374 g/mol. The Balaban J connectivity index is 2.23. The van der Waals surface area contributed by atoms with Crippen LogP contribution >= 0.6 is 27.5 Å². The minimum absolute atomic E-state index is 0.0000994. The summed E-state index contributed by atoms with van der Waals surface area (Å²) in [6.45, 7) is 1.87. The van der Waals surface area contributed by atoms with Crippen molar-refractivity contribution in [1.82, 2.24) is 0 Å². The molecule has 21 heavy (non-hydrogen) atoms. The van der Waals surface area contributed by atoms with Gasteiger partial charge in [-0.2, -0.15) is 0 Å². The van der Waals surface area contributed by atoms with Gasteiger partial charge in [-0.05, 0) is 46.6 Å². The van der Waals surface area contributed by atoms with Gasteiger partial charge in [0.1, 0.15) is 5.82 Å². The molecule has 0 saturated heterocycles. The Labute approximate surface area is 134 Å². The van der Waals surface area contributed by atoms with Gasteiger partial charge in [-0.25, -0.2) is 4.39 Å². The van der Waals surface area contributed by atoms with Crippen LogP contribution in [0, 0.1) is 15.9 Å². The van der Waals surface area contributed by atoms with Gasteiger partial charge in [0.25, 0.3) is 5.69 Å². The summed E-state index contributed by atoms with van der Waals surface area (Å²) in [6.07, 6.45) is 0. The van der Waals surface area contributed by atoms with Gasteiger partial charge >= 0.3 is 0 Å². The molecule has 0 saturated carbocycles. The van der Waals surface area contributed by atoms with E-state index in [0.717, 1.165) is 5.56 Å². The predicted molar refractivity (Wildman–Crippen MR) is 84.2 cm³/mol. The lowest BCUT2D eigenvalue weighted by molar-refractivity contribution is -0.384. The van der Waals surface area contributed by atoms with Gasteiger partial charge in [-0.15, -0.1) is 0 Å². The smallest absolute Gasteiger partial charge is 0.270 e. The van der Waals surface area contributed by atoms with E-state index in [1.165, 1.54) is 24.3 Å². The molecule has 110 valence electrons. The highest BCUT2D eigenvalue weighted by Crippen LogP contribution is 2.32. The van der Waals surface area contributed by atoms with E-state index >= 15 is 0 Å². The van der Waals surface area contributed by atoms with Gasteiger partial charge in [0.05, 0.1) is 11.0 Å². The number of nitro benzene ring substituents is 1. The molecule has 7 heteroatoms. The highest BCUT2D eigenvalue weighted by Gasteiger charge is 2.14. The summed E-state index contributed by atoms with van der Waals surface area (Å²) in [5.74, 6) is -0.396. The Kier molecular flexibility index (Phi) is 4.80. The molecule has 0 heterocycles. The Morgan fingerprint density at radius 3 is 2.62 bits per heavy atom. The number of nitro groups is 1. The topological polar surface area (TPSA) is 55.2 Å². The molecular weight excluding hydrogens is 363 g/mol. The summed E-state index contributed by atoms with van der Waals surface area (Å²) in [7, 11) is 0. The summed E-state index contributed by atoms with van der Waals surface area (Å²) < 4.78 is 13.6. The molecule has 0 fully saturated rings. The highest BCUT2D eigenvalue weighted by atomic mass is 79.9. The van der Waals surface area contributed by atoms with Crippen molar-refractivity contribution in [3.8, 4) is 0 Å². The van der Waals surface area contributed by atoms with Gasteiger partial charge in [-0.3, -0.25) is 10.1 Å². The number of nitrogens with one attached hydrogen (secondary N) is 1. The summed E-state index contributed by atoms with van der Waals surface area (Å²) in [5, 5.41) is 14.2. The molecule has 0 aromatic heterocycles. The molecule has 1 unspecified atom stereocenters. The first-order chi connectivity index (χ1) is 9.88. The van der Waals surface area contributed by atoms with Crippen molar-refractivity contribution in [3.63, 3.8) is 0 Å². The van der Waals surface area contributed by atoms with Crippen LogP contribution in [0.5, 0.6) is 0 Å². The maximum absolute atomic E-state index is 13.0. The molecule has 0 radical (unpaired) electrons. The van der Waals surface area contributed by atoms with Crippen molar-refractivity contribution in [1.29, 1.82) is 0 Å². The van der Waals surface area contributed by atoms with Crippen LogP contribution in [-0.2, 0) is 0 Å². The minimum Gasteiger partial charge on any atom is -0.378 e. The van der Waals surface area contributed by atoms with Gasteiger partial charge in [0.15, 0.2) is 0 Å². The fourth-order valence-corrected chi connectivity index (χ4v) is 2.71. The van der Waals surface area contributed by atoms with E-state index in [0.29, 0.717) is 15.2 Å². The molecular formula is C14H11BrClFN2O2. The summed E-state index contributed by atoms with van der Waals surface area (Å²) in [5.41, 5.74) is 1.43. The van der Waals surface area contributed by atoms with E-state index < -0.39 is 10.7 Å². The van der Waals surface area contributed by atoms with Crippen LogP contribution in [0.2, 0.25) is 5.02 Å². The molecule has 1 N–H and O–H groups in total. The number of halogens is 3. The lowest BCUT2D eigenvalue weighted by Crippen LogP contribution is -2.08. The lowest BCUT2D eigenvalue weighted by atomic mass is 10.1.